The second-order valence-electron chi connectivity index (χ2n) is 4.53. The van der Waals surface area contributed by atoms with Crippen LogP contribution in [0.4, 0.5) is 5.82 Å². The van der Waals surface area contributed by atoms with Crippen molar-refractivity contribution >= 4 is 16.0 Å². The normalized spacial score (nSPS) is 18.8. The van der Waals surface area contributed by atoms with Crippen LogP contribution in [0.15, 0.2) is 18.2 Å². The number of rotatable bonds is 3. The van der Waals surface area contributed by atoms with Crippen molar-refractivity contribution in [1.82, 2.24) is 9.29 Å². The minimum absolute atomic E-state index is 0.247. The van der Waals surface area contributed by atoms with Crippen molar-refractivity contribution in [3.63, 3.8) is 0 Å². The molecule has 0 radical (unpaired) electrons. The molecule has 0 bridgehead atoms. The molecule has 0 aromatic carbocycles. The molecule has 1 aliphatic heterocycles. The van der Waals surface area contributed by atoms with Gasteiger partial charge in [0.25, 0.3) is 10.2 Å². The average molecular weight is 270 g/mol. The lowest BCUT2D eigenvalue weighted by Gasteiger charge is -2.30. The van der Waals surface area contributed by atoms with Gasteiger partial charge in [-0.1, -0.05) is 6.07 Å². The molecule has 0 unspecified atom stereocenters. The van der Waals surface area contributed by atoms with E-state index in [1.54, 1.807) is 0 Å². The summed E-state index contributed by atoms with van der Waals surface area (Å²) < 4.78 is 23.6. The number of pyridine rings is 1. The summed E-state index contributed by atoms with van der Waals surface area (Å²) in [5.74, 6) is 0.837. The Morgan fingerprint density at radius 1 is 1.39 bits per heavy atom. The number of piperidine rings is 1. The zero-order valence-corrected chi connectivity index (χ0v) is 11.2. The van der Waals surface area contributed by atoms with Gasteiger partial charge in [0.05, 0.1) is 0 Å². The van der Waals surface area contributed by atoms with Gasteiger partial charge >= 0.3 is 0 Å². The number of nitrogens with one attached hydrogen (secondary N) is 1. The van der Waals surface area contributed by atoms with E-state index in [1.165, 1.54) is 4.31 Å². The molecule has 1 aromatic rings. The molecule has 1 saturated heterocycles. The van der Waals surface area contributed by atoms with Gasteiger partial charge in [-0.3, -0.25) is 0 Å². The van der Waals surface area contributed by atoms with Gasteiger partial charge in [0, 0.05) is 24.8 Å². The van der Waals surface area contributed by atoms with E-state index < -0.39 is 10.2 Å². The molecule has 2 heterocycles. The Balaban J connectivity index is 1.91. The Kier molecular flexibility index (Phi) is 3.84. The summed E-state index contributed by atoms with van der Waals surface area (Å²) in [5, 5.41) is 8.41. The molecule has 0 atom stereocenters. The van der Waals surface area contributed by atoms with Crippen LogP contribution in [0.1, 0.15) is 18.5 Å². The van der Waals surface area contributed by atoms with Crippen LogP contribution in [-0.2, 0) is 10.2 Å². The van der Waals surface area contributed by atoms with E-state index in [1.807, 2.05) is 25.1 Å². The van der Waals surface area contributed by atoms with Gasteiger partial charge in [0.2, 0.25) is 0 Å². The minimum atomic E-state index is -3.54. The molecular formula is C11H18N4O2S. The summed E-state index contributed by atoms with van der Waals surface area (Å²) in [6.45, 7) is 2.86. The summed E-state index contributed by atoms with van der Waals surface area (Å²) in [6, 6.07) is 6.05. The SMILES string of the molecule is Cc1cccc(NC2CCN(S(N)(=O)=O)CC2)n1. The monoisotopic (exact) mass is 270 g/mol. The Morgan fingerprint density at radius 2 is 2.06 bits per heavy atom. The maximum atomic E-state index is 11.2. The molecule has 2 rings (SSSR count). The zero-order chi connectivity index (χ0) is 13.2. The van der Waals surface area contributed by atoms with Crippen LogP contribution in [0.2, 0.25) is 0 Å². The minimum Gasteiger partial charge on any atom is -0.367 e. The van der Waals surface area contributed by atoms with E-state index in [4.69, 9.17) is 5.14 Å². The second-order valence-corrected chi connectivity index (χ2v) is 6.07. The average Bonchev–Trinajstić information content (AvgIpc) is 2.28. The maximum Gasteiger partial charge on any atom is 0.276 e. The predicted octanol–water partition coefficient (Wildman–Crippen LogP) is 0.470. The largest absolute Gasteiger partial charge is 0.367 e. The first kappa shape index (κ1) is 13.3. The molecule has 100 valence electrons. The standard InChI is InChI=1S/C11H18N4O2S/c1-9-3-2-4-11(13-9)14-10-5-7-15(8-6-10)18(12,16)17/h2-4,10H,5-8H2,1H3,(H,13,14)(H2,12,16,17). The molecule has 3 N–H and O–H groups in total. The first-order valence-corrected chi connectivity index (χ1v) is 7.43. The highest BCUT2D eigenvalue weighted by Crippen LogP contribution is 2.16. The summed E-state index contributed by atoms with van der Waals surface area (Å²) in [6.07, 6.45) is 1.48. The van der Waals surface area contributed by atoms with Crippen LogP contribution < -0.4 is 10.5 Å². The van der Waals surface area contributed by atoms with E-state index in [9.17, 15) is 8.42 Å². The van der Waals surface area contributed by atoms with E-state index >= 15 is 0 Å². The maximum absolute atomic E-state index is 11.2. The van der Waals surface area contributed by atoms with Gasteiger partial charge in [0.15, 0.2) is 0 Å². The van der Waals surface area contributed by atoms with E-state index in [2.05, 4.69) is 10.3 Å². The lowest BCUT2D eigenvalue weighted by atomic mass is 10.1. The molecule has 0 amide bonds. The molecule has 0 aliphatic carbocycles. The Bertz CT molecular complexity index is 510. The first-order chi connectivity index (χ1) is 8.45. The number of hydrogen-bond donors (Lipinski definition) is 2. The Hall–Kier alpha value is -1.18. The number of nitrogens with two attached hydrogens (primary N) is 1. The molecule has 1 aliphatic rings. The molecule has 18 heavy (non-hydrogen) atoms. The predicted molar refractivity (Wildman–Crippen MR) is 70.3 cm³/mol. The van der Waals surface area contributed by atoms with E-state index in [0.717, 1.165) is 24.4 Å². The molecule has 0 saturated carbocycles. The Morgan fingerprint density at radius 3 is 2.61 bits per heavy atom. The Labute approximate surface area is 107 Å². The summed E-state index contributed by atoms with van der Waals surface area (Å²) in [5.41, 5.74) is 0.960. The van der Waals surface area contributed by atoms with Gasteiger partial charge in [0.1, 0.15) is 5.82 Å². The number of hydrogen-bond acceptors (Lipinski definition) is 4. The van der Waals surface area contributed by atoms with Crippen molar-refractivity contribution in [2.75, 3.05) is 18.4 Å². The van der Waals surface area contributed by atoms with Gasteiger partial charge in [-0.05, 0) is 31.9 Å². The topological polar surface area (TPSA) is 88.3 Å². The smallest absolute Gasteiger partial charge is 0.276 e. The summed E-state index contributed by atoms with van der Waals surface area (Å²) in [7, 11) is -3.54. The van der Waals surface area contributed by atoms with E-state index in [-0.39, 0.29) is 6.04 Å². The van der Waals surface area contributed by atoms with E-state index in [0.29, 0.717) is 13.1 Å². The van der Waals surface area contributed by atoms with Gasteiger partial charge in [-0.15, -0.1) is 0 Å². The number of aromatic nitrogens is 1. The molecular weight excluding hydrogens is 252 g/mol. The molecule has 1 aromatic heterocycles. The summed E-state index contributed by atoms with van der Waals surface area (Å²) in [4.78, 5) is 4.37. The fraction of sp³-hybridized carbons (Fsp3) is 0.545. The highest BCUT2D eigenvalue weighted by atomic mass is 32.2. The number of anilines is 1. The number of nitrogens with zero attached hydrogens (tertiary/aromatic N) is 2. The highest BCUT2D eigenvalue weighted by Gasteiger charge is 2.25. The lowest BCUT2D eigenvalue weighted by Crippen LogP contribution is -2.45. The van der Waals surface area contributed by atoms with Crippen LogP contribution >= 0.6 is 0 Å². The van der Waals surface area contributed by atoms with Crippen LogP contribution in [0.3, 0.4) is 0 Å². The fourth-order valence-electron chi connectivity index (χ4n) is 2.09. The van der Waals surface area contributed by atoms with Crippen LogP contribution in [0.25, 0.3) is 0 Å². The molecule has 6 nitrogen and oxygen atoms in total. The molecule has 0 spiro atoms. The van der Waals surface area contributed by atoms with Crippen LogP contribution in [0, 0.1) is 6.92 Å². The first-order valence-electron chi connectivity index (χ1n) is 5.93. The van der Waals surface area contributed by atoms with Crippen molar-refractivity contribution in [2.45, 2.75) is 25.8 Å². The quantitative estimate of drug-likeness (QED) is 0.835. The van der Waals surface area contributed by atoms with Crippen molar-refractivity contribution < 1.29 is 8.42 Å². The second kappa shape index (κ2) is 5.21. The van der Waals surface area contributed by atoms with Crippen molar-refractivity contribution in [3.8, 4) is 0 Å². The third kappa shape index (κ3) is 3.41. The highest BCUT2D eigenvalue weighted by molar-refractivity contribution is 7.86. The third-order valence-electron chi connectivity index (χ3n) is 3.05. The molecule has 1 fully saturated rings. The van der Waals surface area contributed by atoms with Gasteiger partial charge < -0.3 is 5.32 Å². The fourth-order valence-corrected chi connectivity index (χ4v) is 2.81. The third-order valence-corrected chi connectivity index (χ3v) is 4.14. The van der Waals surface area contributed by atoms with Gasteiger partial charge in [-0.25, -0.2) is 10.1 Å². The van der Waals surface area contributed by atoms with Crippen molar-refractivity contribution in [2.24, 2.45) is 5.14 Å². The molecule has 7 heteroatoms. The zero-order valence-electron chi connectivity index (χ0n) is 10.3. The number of aryl methyl sites for hydroxylation is 1. The lowest BCUT2D eigenvalue weighted by molar-refractivity contribution is 0.330. The van der Waals surface area contributed by atoms with Crippen molar-refractivity contribution in [1.29, 1.82) is 0 Å². The van der Waals surface area contributed by atoms with Gasteiger partial charge in [-0.2, -0.15) is 12.7 Å². The summed E-state index contributed by atoms with van der Waals surface area (Å²) >= 11 is 0. The van der Waals surface area contributed by atoms with Crippen molar-refractivity contribution in [3.05, 3.63) is 23.9 Å². The van der Waals surface area contributed by atoms with Crippen LogP contribution in [0.5, 0.6) is 0 Å². The van der Waals surface area contributed by atoms with Crippen LogP contribution in [-0.4, -0.2) is 36.8 Å².